The van der Waals surface area contributed by atoms with E-state index < -0.39 is 0 Å². The third-order valence-corrected chi connectivity index (χ3v) is 3.98. The number of hydrazine groups is 1. The maximum absolute atomic E-state index is 12.1. The van der Waals surface area contributed by atoms with Crippen LogP contribution >= 0.6 is 0 Å². The summed E-state index contributed by atoms with van der Waals surface area (Å²) in [6.07, 6.45) is 0. The Balaban J connectivity index is 2.03. The second-order valence-electron chi connectivity index (χ2n) is 5.28. The van der Waals surface area contributed by atoms with Crippen molar-refractivity contribution in [3.05, 3.63) is 53.1 Å². The van der Waals surface area contributed by atoms with Gasteiger partial charge in [-0.05, 0) is 37.8 Å². The summed E-state index contributed by atoms with van der Waals surface area (Å²) in [6.45, 7) is 5.38. The molecule has 0 spiro atoms. The first kappa shape index (κ1) is 13.4. The van der Waals surface area contributed by atoms with Crippen LogP contribution in [0, 0.1) is 6.92 Å². The summed E-state index contributed by atoms with van der Waals surface area (Å²) in [7, 11) is 0. The lowest BCUT2D eigenvalue weighted by Crippen LogP contribution is -2.36. The van der Waals surface area contributed by atoms with Gasteiger partial charge in [0, 0.05) is 16.5 Å². The molecular weight excluding hydrogens is 264 g/mol. The Morgan fingerprint density at radius 1 is 0.810 bits per heavy atom. The molecule has 1 N–H and O–H groups in total. The molecule has 4 nitrogen and oxygen atoms in total. The van der Waals surface area contributed by atoms with Gasteiger partial charge < -0.3 is 0 Å². The fourth-order valence-electron chi connectivity index (χ4n) is 2.52. The van der Waals surface area contributed by atoms with Crippen molar-refractivity contribution in [2.45, 2.75) is 20.8 Å². The van der Waals surface area contributed by atoms with Gasteiger partial charge in [0.2, 0.25) is 0 Å². The molecule has 3 rings (SSSR count). The highest BCUT2D eigenvalue weighted by molar-refractivity contribution is 6.19. The van der Waals surface area contributed by atoms with E-state index in [1.165, 1.54) is 0 Å². The number of fused-ring (bicyclic) bond motifs is 1. The minimum atomic E-state index is -0.290. The molecule has 2 amide bonds. The van der Waals surface area contributed by atoms with Gasteiger partial charge in [0.1, 0.15) is 0 Å². The minimum absolute atomic E-state index is 0.290. The van der Waals surface area contributed by atoms with Gasteiger partial charge in [-0.1, -0.05) is 30.3 Å². The number of amides is 2. The van der Waals surface area contributed by atoms with Gasteiger partial charge in [-0.2, -0.15) is 5.01 Å². The Morgan fingerprint density at radius 2 is 1.38 bits per heavy atom. The zero-order chi connectivity index (χ0) is 15.1. The van der Waals surface area contributed by atoms with Gasteiger partial charge in [-0.15, -0.1) is 0 Å². The van der Waals surface area contributed by atoms with Crippen LogP contribution in [0.15, 0.2) is 47.5 Å². The maximum atomic E-state index is 12.1. The van der Waals surface area contributed by atoms with Crippen LogP contribution in [0.2, 0.25) is 0 Å². The molecule has 0 unspecified atom stereocenters. The highest BCUT2D eigenvalue weighted by atomic mass is 16.2. The summed E-state index contributed by atoms with van der Waals surface area (Å²) in [5, 5.41) is 3.17. The SMILES string of the molecule is CC1=C(C)C(=O)N(Nc2ccc(C)c3ccccc23)C1=O. The first-order valence-corrected chi connectivity index (χ1v) is 6.82. The zero-order valence-electron chi connectivity index (χ0n) is 12.2. The van der Waals surface area contributed by atoms with E-state index in [9.17, 15) is 9.59 Å². The summed E-state index contributed by atoms with van der Waals surface area (Å²) in [5.74, 6) is -0.579. The van der Waals surface area contributed by atoms with E-state index in [1.807, 2.05) is 43.3 Å². The molecule has 1 aliphatic heterocycles. The van der Waals surface area contributed by atoms with Crippen LogP contribution in [0.3, 0.4) is 0 Å². The van der Waals surface area contributed by atoms with Crippen molar-refractivity contribution < 1.29 is 9.59 Å². The molecule has 21 heavy (non-hydrogen) atoms. The van der Waals surface area contributed by atoms with Crippen molar-refractivity contribution >= 4 is 28.3 Å². The lowest BCUT2D eigenvalue weighted by molar-refractivity contribution is -0.135. The molecule has 0 radical (unpaired) electrons. The molecule has 4 heteroatoms. The van der Waals surface area contributed by atoms with Crippen molar-refractivity contribution in [2.75, 3.05) is 5.43 Å². The molecule has 0 aromatic heterocycles. The predicted molar refractivity (Wildman–Crippen MR) is 82.5 cm³/mol. The number of imide groups is 1. The number of aryl methyl sites for hydroxylation is 1. The van der Waals surface area contributed by atoms with Crippen molar-refractivity contribution in [1.29, 1.82) is 0 Å². The first-order chi connectivity index (χ1) is 10.0. The highest BCUT2D eigenvalue weighted by Gasteiger charge is 2.33. The van der Waals surface area contributed by atoms with Crippen molar-refractivity contribution in [2.24, 2.45) is 0 Å². The van der Waals surface area contributed by atoms with Gasteiger partial charge in [0.25, 0.3) is 11.8 Å². The van der Waals surface area contributed by atoms with Crippen LogP contribution in [-0.4, -0.2) is 16.8 Å². The van der Waals surface area contributed by atoms with Crippen LogP contribution in [0.4, 0.5) is 5.69 Å². The van der Waals surface area contributed by atoms with Crippen LogP contribution in [0.1, 0.15) is 19.4 Å². The number of rotatable bonds is 2. The summed E-state index contributed by atoms with van der Waals surface area (Å²) in [4.78, 5) is 24.2. The number of carbonyl (C=O) groups excluding carboxylic acids is 2. The number of benzene rings is 2. The number of nitrogens with zero attached hydrogens (tertiary/aromatic N) is 1. The molecule has 106 valence electrons. The summed E-state index contributed by atoms with van der Waals surface area (Å²) in [5.41, 5.74) is 5.85. The van der Waals surface area contributed by atoms with E-state index in [0.29, 0.717) is 11.1 Å². The second-order valence-corrected chi connectivity index (χ2v) is 5.28. The third kappa shape index (κ3) is 2.00. The van der Waals surface area contributed by atoms with Crippen LogP contribution in [0.25, 0.3) is 10.8 Å². The molecule has 2 aromatic rings. The zero-order valence-corrected chi connectivity index (χ0v) is 12.2. The molecule has 1 aliphatic rings. The Labute approximate surface area is 123 Å². The van der Waals surface area contributed by atoms with Crippen LogP contribution < -0.4 is 5.43 Å². The largest absolute Gasteiger partial charge is 0.288 e. The number of anilines is 1. The second kappa shape index (κ2) is 4.74. The summed E-state index contributed by atoms with van der Waals surface area (Å²) in [6, 6.07) is 11.8. The maximum Gasteiger partial charge on any atom is 0.275 e. The van der Waals surface area contributed by atoms with E-state index >= 15 is 0 Å². The highest BCUT2D eigenvalue weighted by Crippen LogP contribution is 2.28. The summed E-state index contributed by atoms with van der Waals surface area (Å²) < 4.78 is 0. The van der Waals surface area contributed by atoms with E-state index in [4.69, 9.17) is 0 Å². The molecule has 0 atom stereocenters. The van der Waals surface area contributed by atoms with Crippen molar-refractivity contribution in [1.82, 2.24) is 5.01 Å². The van der Waals surface area contributed by atoms with Crippen molar-refractivity contribution in [3.63, 3.8) is 0 Å². The quantitative estimate of drug-likeness (QED) is 0.859. The number of hydrogen-bond acceptors (Lipinski definition) is 3. The van der Waals surface area contributed by atoms with Gasteiger partial charge in [-0.25, -0.2) is 0 Å². The lowest BCUT2D eigenvalue weighted by atomic mass is 10.0. The van der Waals surface area contributed by atoms with Crippen LogP contribution in [0.5, 0.6) is 0 Å². The van der Waals surface area contributed by atoms with E-state index in [0.717, 1.165) is 27.0 Å². The summed E-state index contributed by atoms with van der Waals surface area (Å²) >= 11 is 0. The monoisotopic (exact) mass is 280 g/mol. The molecule has 0 bridgehead atoms. The van der Waals surface area contributed by atoms with Crippen LogP contribution in [-0.2, 0) is 9.59 Å². The lowest BCUT2D eigenvalue weighted by Gasteiger charge is -2.19. The predicted octanol–water partition coefficient (Wildman–Crippen LogP) is 3.18. The first-order valence-electron chi connectivity index (χ1n) is 6.82. The number of nitrogens with one attached hydrogen (secondary N) is 1. The third-order valence-electron chi connectivity index (χ3n) is 3.98. The molecule has 0 saturated heterocycles. The smallest absolute Gasteiger partial charge is 0.275 e. The molecule has 1 heterocycles. The Kier molecular flexibility index (Phi) is 3.01. The minimum Gasteiger partial charge on any atom is -0.288 e. The Hall–Kier alpha value is -2.62. The average Bonchev–Trinajstić information content (AvgIpc) is 2.68. The topological polar surface area (TPSA) is 49.4 Å². The number of carbonyl (C=O) groups is 2. The molecule has 0 fully saturated rings. The van der Waals surface area contributed by atoms with Crippen molar-refractivity contribution in [3.8, 4) is 0 Å². The fraction of sp³-hybridized carbons (Fsp3) is 0.176. The van der Waals surface area contributed by atoms with E-state index in [1.54, 1.807) is 13.8 Å². The standard InChI is InChI=1S/C17H16N2O2/c1-10-8-9-15(14-7-5-4-6-13(10)14)18-19-16(20)11(2)12(3)17(19)21/h4-9,18H,1-3H3. The van der Waals surface area contributed by atoms with Gasteiger partial charge >= 0.3 is 0 Å². The Morgan fingerprint density at radius 3 is 2.00 bits per heavy atom. The van der Waals surface area contributed by atoms with Gasteiger partial charge in [-0.3, -0.25) is 15.0 Å². The fourth-order valence-corrected chi connectivity index (χ4v) is 2.52. The van der Waals surface area contributed by atoms with E-state index in [2.05, 4.69) is 5.43 Å². The molecule has 0 saturated carbocycles. The Bertz CT molecular complexity index is 782. The van der Waals surface area contributed by atoms with E-state index in [-0.39, 0.29) is 11.8 Å². The van der Waals surface area contributed by atoms with Gasteiger partial charge in [0.15, 0.2) is 0 Å². The molecule has 0 aliphatic carbocycles. The normalized spacial score (nSPS) is 15.3. The molecular formula is C17H16N2O2. The van der Waals surface area contributed by atoms with Gasteiger partial charge in [0.05, 0.1) is 5.69 Å². The average molecular weight is 280 g/mol. The molecule has 2 aromatic carbocycles. The number of hydrogen-bond donors (Lipinski definition) is 1.